The van der Waals surface area contributed by atoms with Crippen molar-refractivity contribution in [3.8, 4) is 5.75 Å². The number of para-hydroxylation sites is 2. The number of ether oxygens (including phenoxy) is 1. The van der Waals surface area contributed by atoms with Crippen molar-refractivity contribution >= 4 is 29.6 Å². The molecule has 3 rings (SSSR count). The predicted octanol–water partition coefficient (Wildman–Crippen LogP) is 4.55. The van der Waals surface area contributed by atoms with Crippen LogP contribution in [-0.4, -0.2) is 12.0 Å². The van der Waals surface area contributed by atoms with Crippen molar-refractivity contribution in [2.75, 3.05) is 5.32 Å². The number of hydrazine groups is 1. The summed E-state index contributed by atoms with van der Waals surface area (Å²) >= 11 is 1.27. The average Bonchev–Trinajstić information content (AvgIpc) is 2.70. The molecule has 0 bridgehead atoms. The van der Waals surface area contributed by atoms with E-state index in [-0.39, 0.29) is 11.3 Å². The van der Waals surface area contributed by atoms with Gasteiger partial charge in [0.25, 0.3) is 5.91 Å². The quantitative estimate of drug-likeness (QED) is 0.423. The number of carbonyl (C=O) groups excluding carboxylic acids is 2. The summed E-state index contributed by atoms with van der Waals surface area (Å²) in [5.41, 5.74) is 4.59. The van der Waals surface area contributed by atoms with Crippen molar-refractivity contribution in [1.29, 1.82) is 0 Å². The van der Waals surface area contributed by atoms with Crippen LogP contribution in [0.25, 0.3) is 0 Å². The molecule has 0 saturated carbocycles. The Balaban J connectivity index is 1.58. The molecule has 0 aliphatic carbocycles. The number of carbonyl (C=O) groups is 2. The molecule has 0 aromatic heterocycles. The van der Waals surface area contributed by atoms with Crippen LogP contribution in [0.4, 0.5) is 10.5 Å². The summed E-state index contributed by atoms with van der Waals surface area (Å²) in [6.45, 7) is 2.01. The van der Waals surface area contributed by atoms with Crippen LogP contribution in [0, 0.1) is 6.92 Å². The third-order valence-electron chi connectivity index (χ3n) is 3.71. The van der Waals surface area contributed by atoms with E-state index >= 15 is 0 Å². The van der Waals surface area contributed by atoms with Crippen molar-refractivity contribution in [2.45, 2.75) is 11.8 Å². The molecule has 0 spiro atoms. The molecule has 0 heterocycles. The van der Waals surface area contributed by atoms with E-state index in [9.17, 15) is 9.59 Å². The molecular weight excluding hydrogens is 374 g/mol. The highest BCUT2D eigenvalue weighted by atomic mass is 32.2. The molecule has 2 amide bonds. The van der Waals surface area contributed by atoms with Crippen LogP contribution in [0.5, 0.6) is 5.75 Å². The van der Waals surface area contributed by atoms with Crippen molar-refractivity contribution < 1.29 is 14.3 Å². The van der Waals surface area contributed by atoms with Crippen molar-refractivity contribution in [2.24, 2.45) is 0 Å². The zero-order valence-corrected chi connectivity index (χ0v) is 16.0. The van der Waals surface area contributed by atoms with Crippen LogP contribution in [-0.2, 0) is 0 Å². The summed E-state index contributed by atoms with van der Waals surface area (Å²) in [6.07, 6.45) is -0.673. The monoisotopic (exact) mass is 393 g/mol. The Kier molecular flexibility index (Phi) is 6.67. The molecule has 3 N–H and O–H groups in total. The number of amides is 2. The van der Waals surface area contributed by atoms with Crippen LogP contribution < -0.4 is 20.3 Å². The third-order valence-corrected chi connectivity index (χ3v) is 4.42. The van der Waals surface area contributed by atoms with Crippen molar-refractivity contribution in [3.63, 3.8) is 0 Å². The highest BCUT2D eigenvalue weighted by Crippen LogP contribution is 2.19. The van der Waals surface area contributed by atoms with E-state index in [1.807, 2.05) is 37.3 Å². The van der Waals surface area contributed by atoms with Gasteiger partial charge in [-0.05, 0) is 55.3 Å². The molecule has 0 aliphatic heterocycles. The summed E-state index contributed by atoms with van der Waals surface area (Å²) in [5.74, 6) is -0.252. The number of anilines is 1. The highest BCUT2D eigenvalue weighted by Gasteiger charge is 2.15. The molecule has 3 aromatic carbocycles. The fourth-order valence-electron chi connectivity index (χ4n) is 2.31. The fourth-order valence-corrected chi connectivity index (χ4v) is 2.85. The fraction of sp³-hybridized carbons (Fsp3) is 0.0476. The van der Waals surface area contributed by atoms with Gasteiger partial charge in [0.1, 0.15) is 5.75 Å². The van der Waals surface area contributed by atoms with E-state index in [2.05, 4.69) is 15.6 Å². The van der Waals surface area contributed by atoms with Gasteiger partial charge in [0, 0.05) is 10.6 Å². The van der Waals surface area contributed by atoms with Crippen LogP contribution >= 0.6 is 11.9 Å². The Bertz CT molecular complexity index is 947. The summed E-state index contributed by atoms with van der Waals surface area (Å²) in [5, 5.41) is 2.61. The van der Waals surface area contributed by atoms with E-state index in [0.717, 1.165) is 10.5 Å². The lowest BCUT2D eigenvalue weighted by Crippen LogP contribution is -2.33. The first-order valence-corrected chi connectivity index (χ1v) is 9.35. The molecule has 6 nitrogen and oxygen atoms in total. The SMILES string of the molecule is Cc1ccc(SNNC(=O)c2ccccc2OC(=O)Nc2ccccc2)cc1. The van der Waals surface area contributed by atoms with Crippen LogP contribution in [0.1, 0.15) is 15.9 Å². The zero-order valence-electron chi connectivity index (χ0n) is 15.1. The predicted molar refractivity (Wildman–Crippen MR) is 110 cm³/mol. The van der Waals surface area contributed by atoms with Gasteiger partial charge in [-0.1, -0.05) is 48.0 Å². The Labute approximate surface area is 167 Å². The van der Waals surface area contributed by atoms with Gasteiger partial charge in [0.15, 0.2) is 0 Å². The van der Waals surface area contributed by atoms with Gasteiger partial charge in [-0.15, -0.1) is 0 Å². The number of hydrogen-bond donors (Lipinski definition) is 3. The third kappa shape index (κ3) is 5.60. The molecule has 0 atom stereocenters. The van der Waals surface area contributed by atoms with E-state index in [1.165, 1.54) is 11.9 Å². The van der Waals surface area contributed by atoms with Crippen LogP contribution in [0.3, 0.4) is 0 Å². The lowest BCUT2D eigenvalue weighted by molar-refractivity contribution is 0.0944. The Hall–Kier alpha value is -3.29. The summed E-state index contributed by atoms with van der Waals surface area (Å²) in [6, 6.07) is 23.3. The van der Waals surface area contributed by atoms with E-state index in [4.69, 9.17) is 4.74 Å². The van der Waals surface area contributed by atoms with E-state index < -0.39 is 12.0 Å². The zero-order chi connectivity index (χ0) is 19.8. The van der Waals surface area contributed by atoms with Crippen molar-refractivity contribution in [1.82, 2.24) is 10.3 Å². The van der Waals surface area contributed by atoms with Crippen molar-refractivity contribution in [3.05, 3.63) is 90.0 Å². The summed E-state index contributed by atoms with van der Waals surface area (Å²) < 4.78 is 5.30. The van der Waals surface area contributed by atoms with Gasteiger partial charge in [-0.3, -0.25) is 15.5 Å². The minimum Gasteiger partial charge on any atom is -0.409 e. The average molecular weight is 393 g/mol. The second-order valence-corrected chi connectivity index (χ2v) is 6.73. The first-order valence-electron chi connectivity index (χ1n) is 8.53. The largest absolute Gasteiger partial charge is 0.417 e. The molecule has 7 heteroatoms. The summed E-state index contributed by atoms with van der Waals surface area (Å²) in [7, 11) is 0. The van der Waals surface area contributed by atoms with Crippen LogP contribution in [0.15, 0.2) is 83.8 Å². The highest BCUT2D eigenvalue weighted by molar-refractivity contribution is 7.97. The van der Waals surface area contributed by atoms with Gasteiger partial charge in [0.2, 0.25) is 0 Å². The lowest BCUT2D eigenvalue weighted by Gasteiger charge is -2.11. The molecule has 0 radical (unpaired) electrons. The number of aryl methyl sites for hydroxylation is 1. The lowest BCUT2D eigenvalue weighted by atomic mass is 10.2. The normalized spacial score (nSPS) is 10.2. The first kappa shape index (κ1) is 19.5. The number of hydrogen-bond acceptors (Lipinski definition) is 5. The van der Waals surface area contributed by atoms with Gasteiger partial charge < -0.3 is 4.74 Å². The maximum absolute atomic E-state index is 12.5. The standard InChI is InChI=1S/C21H19N3O3S/c1-15-11-13-17(14-12-15)28-24-23-20(25)18-9-5-6-10-19(18)27-21(26)22-16-7-3-2-4-8-16/h2-14,24H,1H3,(H,22,26)(H,23,25). The molecule has 28 heavy (non-hydrogen) atoms. The Morgan fingerprint density at radius 3 is 2.29 bits per heavy atom. The molecule has 3 aromatic rings. The number of nitrogens with one attached hydrogen (secondary N) is 3. The Morgan fingerprint density at radius 1 is 0.857 bits per heavy atom. The second kappa shape index (κ2) is 9.59. The minimum atomic E-state index is -0.673. The van der Waals surface area contributed by atoms with Crippen LogP contribution in [0.2, 0.25) is 0 Å². The van der Waals surface area contributed by atoms with E-state index in [1.54, 1.807) is 48.5 Å². The molecule has 0 unspecified atom stereocenters. The topological polar surface area (TPSA) is 79.5 Å². The minimum absolute atomic E-state index is 0.163. The maximum Gasteiger partial charge on any atom is 0.417 e. The summed E-state index contributed by atoms with van der Waals surface area (Å²) in [4.78, 5) is 28.3. The van der Waals surface area contributed by atoms with Gasteiger partial charge in [-0.2, -0.15) is 4.83 Å². The maximum atomic E-state index is 12.5. The Morgan fingerprint density at radius 2 is 1.54 bits per heavy atom. The van der Waals surface area contributed by atoms with Gasteiger partial charge in [-0.25, -0.2) is 4.79 Å². The smallest absolute Gasteiger partial charge is 0.409 e. The van der Waals surface area contributed by atoms with Gasteiger partial charge >= 0.3 is 6.09 Å². The molecule has 0 aliphatic rings. The number of benzene rings is 3. The van der Waals surface area contributed by atoms with E-state index in [0.29, 0.717) is 5.69 Å². The molecule has 0 saturated heterocycles. The second-order valence-electron chi connectivity index (χ2n) is 5.85. The number of rotatable bonds is 6. The first-order chi connectivity index (χ1) is 13.6. The molecular formula is C21H19N3O3S. The molecule has 0 fully saturated rings. The molecule has 142 valence electrons. The van der Waals surface area contributed by atoms with Gasteiger partial charge in [0.05, 0.1) is 5.56 Å².